The highest BCUT2D eigenvalue weighted by Crippen LogP contribution is 2.46. The Balaban J connectivity index is 1.46. The zero-order chi connectivity index (χ0) is 29.0. The number of benzene rings is 1. The van der Waals surface area contributed by atoms with E-state index in [4.69, 9.17) is 40.0 Å². The highest BCUT2D eigenvalue weighted by Gasteiger charge is 2.56. The summed E-state index contributed by atoms with van der Waals surface area (Å²) in [7, 11) is 0. The van der Waals surface area contributed by atoms with Crippen LogP contribution in [-0.4, -0.2) is 73.9 Å². The number of pyridine rings is 1. The van der Waals surface area contributed by atoms with E-state index in [2.05, 4.69) is 10.3 Å². The van der Waals surface area contributed by atoms with Crippen LogP contribution in [0.5, 0.6) is 11.5 Å². The molecule has 0 bridgehead atoms. The SMILES string of the molecule is CC(C)(C)OCCOc1ccc(C(=O)C2O[C@@H]3CNCC[C@]3(c3ncccc3OCCOC(C)(C)C)O2)cc1Cl. The van der Waals surface area contributed by atoms with Gasteiger partial charge in [-0.25, -0.2) is 0 Å². The molecule has 220 valence electrons. The maximum atomic E-state index is 13.5. The summed E-state index contributed by atoms with van der Waals surface area (Å²) in [6, 6.07) is 8.59. The second-order valence-corrected chi connectivity index (χ2v) is 12.3. The molecule has 0 amide bonds. The number of piperidine rings is 1. The Morgan fingerprint density at radius 1 is 1.02 bits per heavy atom. The minimum atomic E-state index is -1.12. The first-order valence-corrected chi connectivity index (χ1v) is 14.1. The summed E-state index contributed by atoms with van der Waals surface area (Å²) in [6.07, 6.45) is 0.717. The monoisotopic (exact) mass is 576 g/mol. The number of aromatic nitrogens is 1. The van der Waals surface area contributed by atoms with Gasteiger partial charge >= 0.3 is 0 Å². The number of hydrogen-bond donors (Lipinski definition) is 1. The first-order valence-electron chi connectivity index (χ1n) is 13.7. The smallest absolute Gasteiger partial charge is 0.224 e. The van der Waals surface area contributed by atoms with Crippen molar-refractivity contribution in [1.29, 1.82) is 0 Å². The number of Topliss-reactive ketones (excluding diaryl/α,β-unsaturated/α-hetero) is 1. The molecule has 40 heavy (non-hydrogen) atoms. The van der Waals surface area contributed by atoms with E-state index in [0.717, 1.165) is 0 Å². The van der Waals surface area contributed by atoms with Crippen LogP contribution >= 0.6 is 11.6 Å². The molecule has 0 spiro atoms. The molecule has 2 saturated heterocycles. The van der Waals surface area contributed by atoms with E-state index < -0.39 is 18.0 Å². The number of carbonyl (C=O) groups excluding carboxylic acids is 1. The van der Waals surface area contributed by atoms with Gasteiger partial charge in [0, 0.05) is 18.3 Å². The third-order valence-electron chi connectivity index (χ3n) is 6.48. The summed E-state index contributed by atoms with van der Waals surface area (Å²) in [6.45, 7) is 14.7. The molecule has 1 aromatic heterocycles. The van der Waals surface area contributed by atoms with E-state index in [9.17, 15) is 4.79 Å². The lowest BCUT2D eigenvalue weighted by Gasteiger charge is -2.36. The lowest BCUT2D eigenvalue weighted by atomic mass is 9.85. The lowest BCUT2D eigenvalue weighted by molar-refractivity contribution is -0.0745. The van der Waals surface area contributed by atoms with E-state index in [-0.39, 0.29) is 17.0 Å². The third kappa shape index (κ3) is 7.72. The molecule has 2 aliphatic rings. The zero-order valence-corrected chi connectivity index (χ0v) is 25.0. The number of nitrogens with zero attached hydrogens (tertiary/aromatic N) is 1. The predicted molar refractivity (Wildman–Crippen MR) is 151 cm³/mol. The first-order chi connectivity index (χ1) is 18.9. The molecule has 0 aliphatic carbocycles. The molecule has 4 rings (SSSR count). The summed E-state index contributed by atoms with van der Waals surface area (Å²) in [5.41, 5.74) is -0.465. The molecule has 1 N–H and O–H groups in total. The Morgan fingerprint density at radius 3 is 2.35 bits per heavy atom. The molecular weight excluding hydrogens is 536 g/mol. The molecule has 10 heteroatoms. The number of rotatable bonds is 11. The molecule has 9 nitrogen and oxygen atoms in total. The van der Waals surface area contributed by atoms with Crippen molar-refractivity contribution in [3.63, 3.8) is 0 Å². The van der Waals surface area contributed by atoms with Crippen LogP contribution in [0.25, 0.3) is 0 Å². The number of ketones is 1. The van der Waals surface area contributed by atoms with E-state index in [1.54, 1.807) is 24.4 Å². The van der Waals surface area contributed by atoms with Gasteiger partial charge in [0.05, 0.1) is 29.4 Å². The molecular formula is C30H41ClN2O7. The van der Waals surface area contributed by atoms with Gasteiger partial charge in [0.2, 0.25) is 12.1 Å². The fraction of sp³-hybridized carbons (Fsp3) is 0.600. The normalized spacial score (nSPS) is 23.1. The number of fused-ring (bicyclic) bond motifs is 1. The maximum absolute atomic E-state index is 13.5. The number of hydrogen-bond acceptors (Lipinski definition) is 9. The number of halogens is 1. The average molecular weight is 577 g/mol. The van der Waals surface area contributed by atoms with Crippen LogP contribution in [0.1, 0.15) is 64.0 Å². The molecule has 2 fully saturated rings. The van der Waals surface area contributed by atoms with Crippen LogP contribution < -0.4 is 14.8 Å². The Bertz CT molecular complexity index is 1160. The highest BCUT2D eigenvalue weighted by atomic mass is 35.5. The average Bonchev–Trinajstić information content (AvgIpc) is 3.29. The van der Waals surface area contributed by atoms with E-state index in [0.29, 0.717) is 73.7 Å². The Hall–Kier alpha value is -2.27. The van der Waals surface area contributed by atoms with Gasteiger partial charge in [0.1, 0.15) is 42.1 Å². The van der Waals surface area contributed by atoms with Crippen LogP contribution in [0.3, 0.4) is 0 Å². The maximum Gasteiger partial charge on any atom is 0.224 e. The van der Waals surface area contributed by atoms with E-state index in [1.807, 2.05) is 53.7 Å². The van der Waals surface area contributed by atoms with Crippen molar-refractivity contribution in [1.82, 2.24) is 10.3 Å². The van der Waals surface area contributed by atoms with Gasteiger partial charge in [0.15, 0.2) is 0 Å². The molecule has 3 heterocycles. The Morgan fingerprint density at radius 2 is 1.70 bits per heavy atom. The molecule has 0 radical (unpaired) electrons. The Kier molecular flexibility index (Phi) is 9.75. The summed E-state index contributed by atoms with van der Waals surface area (Å²) < 4.78 is 36.0. The Labute approximate surface area is 241 Å². The van der Waals surface area contributed by atoms with Crippen molar-refractivity contribution in [3.05, 3.63) is 52.8 Å². The summed E-state index contributed by atoms with van der Waals surface area (Å²) in [4.78, 5) is 18.2. The van der Waals surface area contributed by atoms with Gasteiger partial charge in [-0.05, 0) is 84.8 Å². The fourth-order valence-electron chi connectivity index (χ4n) is 4.67. The predicted octanol–water partition coefficient (Wildman–Crippen LogP) is 4.94. The second kappa shape index (κ2) is 12.7. The standard InChI is InChI=1S/C30H41ClN2O7/c1-28(2,3)37-16-14-35-22-10-9-20(18-21(22)31)25(34)27-39-24-19-32-13-11-30(24,40-27)26-23(8-7-12-33-26)36-15-17-38-29(4,5)6/h7-10,12,18,24,27,32H,11,13-17,19H2,1-6H3/t24-,27?,30+/m1/s1. The topological polar surface area (TPSA) is 97.4 Å². The quantitative estimate of drug-likeness (QED) is 0.295. The largest absolute Gasteiger partial charge is 0.490 e. The third-order valence-corrected chi connectivity index (χ3v) is 6.78. The van der Waals surface area contributed by atoms with Crippen molar-refractivity contribution in [2.24, 2.45) is 0 Å². The van der Waals surface area contributed by atoms with Gasteiger partial charge in [-0.3, -0.25) is 9.78 Å². The van der Waals surface area contributed by atoms with Gasteiger partial charge in [-0.2, -0.15) is 0 Å². The molecule has 2 aliphatic heterocycles. The van der Waals surface area contributed by atoms with Gasteiger partial charge in [-0.15, -0.1) is 0 Å². The van der Waals surface area contributed by atoms with E-state index >= 15 is 0 Å². The fourth-order valence-corrected chi connectivity index (χ4v) is 4.90. The van der Waals surface area contributed by atoms with Crippen molar-refractivity contribution < 1.29 is 33.2 Å². The summed E-state index contributed by atoms with van der Waals surface area (Å²) in [5, 5.41) is 3.66. The van der Waals surface area contributed by atoms with Crippen molar-refractivity contribution in [2.45, 2.75) is 77.2 Å². The van der Waals surface area contributed by atoms with Gasteiger partial charge < -0.3 is 33.7 Å². The van der Waals surface area contributed by atoms with Crippen LogP contribution in [0.2, 0.25) is 5.02 Å². The van der Waals surface area contributed by atoms with Crippen LogP contribution in [0.15, 0.2) is 36.5 Å². The lowest BCUT2D eigenvalue weighted by Crippen LogP contribution is -2.50. The van der Waals surface area contributed by atoms with Gasteiger partial charge in [-0.1, -0.05) is 11.6 Å². The number of ether oxygens (including phenoxy) is 6. The zero-order valence-electron chi connectivity index (χ0n) is 24.3. The summed E-state index contributed by atoms with van der Waals surface area (Å²) >= 11 is 6.46. The number of carbonyl (C=O) groups is 1. The summed E-state index contributed by atoms with van der Waals surface area (Å²) in [5.74, 6) is 0.739. The van der Waals surface area contributed by atoms with Crippen molar-refractivity contribution in [2.75, 3.05) is 39.5 Å². The first kappa shape index (κ1) is 30.7. The molecule has 2 aromatic rings. The van der Waals surface area contributed by atoms with E-state index in [1.165, 1.54) is 0 Å². The minimum Gasteiger partial charge on any atom is -0.490 e. The van der Waals surface area contributed by atoms with Crippen molar-refractivity contribution in [3.8, 4) is 11.5 Å². The number of nitrogens with one attached hydrogen (secondary N) is 1. The van der Waals surface area contributed by atoms with Crippen LogP contribution in [0.4, 0.5) is 0 Å². The molecule has 0 saturated carbocycles. The minimum absolute atomic E-state index is 0.252. The molecule has 3 atom stereocenters. The molecule has 1 unspecified atom stereocenters. The highest BCUT2D eigenvalue weighted by molar-refractivity contribution is 6.32. The van der Waals surface area contributed by atoms with Crippen LogP contribution in [-0.2, 0) is 24.5 Å². The second-order valence-electron chi connectivity index (χ2n) is 11.9. The van der Waals surface area contributed by atoms with Gasteiger partial charge in [0.25, 0.3) is 0 Å². The van der Waals surface area contributed by atoms with Crippen LogP contribution in [0, 0.1) is 0 Å². The van der Waals surface area contributed by atoms with Crippen molar-refractivity contribution >= 4 is 17.4 Å². The molecule has 1 aromatic carbocycles.